The number of nitrogens with two attached hydrogens (primary N) is 2. The van der Waals surface area contributed by atoms with Crippen LogP contribution >= 0.6 is 37.2 Å². The highest BCUT2D eigenvalue weighted by Gasteiger charge is 2.23. The van der Waals surface area contributed by atoms with Crippen LogP contribution in [0.15, 0.2) is 42.9 Å². The molecule has 1 aliphatic heterocycles. The Morgan fingerprint density at radius 3 is 2.60 bits per heavy atom. The van der Waals surface area contributed by atoms with Crippen LogP contribution in [-0.4, -0.2) is 40.1 Å². The van der Waals surface area contributed by atoms with Crippen LogP contribution in [0.25, 0.3) is 5.65 Å². The number of carbonyl (C=O) groups excluding carboxylic acids is 1. The van der Waals surface area contributed by atoms with Crippen LogP contribution in [0.2, 0.25) is 0 Å². The van der Waals surface area contributed by atoms with E-state index in [1.165, 1.54) is 6.20 Å². The molecular weight excluding hydrogens is 449 g/mol. The zero-order chi connectivity index (χ0) is 18.8. The number of hydrogen-bond acceptors (Lipinski definition) is 6. The third-order valence-electron chi connectivity index (χ3n) is 5.10. The first-order valence-electron chi connectivity index (χ1n) is 9.10. The summed E-state index contributed by atoms with van der Waals surface area (Å²) in [5.41, 5.74) is 15.2. The maximum atomic E-state index is 12.9. The monoisotopic (exact) mass is 473 g/mol. The van der Waals surface area contributed by atoms with Gasteiger partial charge in [0.05, 0.1) is 23.3 Å². The predicted octanol–water partition coefficient (Wildman–Crippen LogP) is 3.00. The number of benzene rings is 1. The average molecular weight is 475 g/mol. The Morgan fingerprint density at radius 1 is 1.17 bits per heavy atom. The zero-order valence-electron chi connectivity index (χ0n) is 16.2. The number of anilines is 3. The summed E-state index contributed by atoms with van der Waals surface area (Å²) >= 11 is 0. The molecule has 0 bridgehead atoms. The normalized spacial score (nSPS) is 13.7. The number of aromatic nitrogens is 3. The van der Waals surface area contributed by atoms with Gasteiger partial charge in [0.15, 0.2) is 5.65 Å². The molecule has 3 aromatic rings. The number of hydrogen-bond donors (Lipinski definition) is 3. The van der Waals surface area contributed by atoms with Crippen molar-refractivity contribution in [2.45, 2.75) is 12.8 Å². The number of nitrogens with zero attached hydrogens (tertiary/aromatic N) is 4. The molecule has 1 aromatic carbocycles. The highest BCUT2D eigenvalue weighted by molar-refractivity contribution is 6.10. The first-order chi connectivity index (χ1) is 13.2. The molecular formula is C19H26Cl3N7O. The second-order valence-electron chi connectivity index (χ2n) is 6.81. The van der Waals surface area contributed by atoms with E-state index < -0.39 is 0 Å². The van der Waals surface area contributed by atoms with Gasteiger partial charge in [-0.1, -0.05) is 6.07 Å². The summed E-state index contributed by atoms with van der Waals surface area (Å²) in [6, 6.07) is 7.34. The minimum absolute atomic E-state index is 0. The minimum Gasteiger partial charge on any atom is -0.397 e. The van der Waals surface area contributed by atoms with Crippen molar-refractivity contribution < 1.29 is 4.79 Å². The molecule has 1 saturated heterocycles. The van der Waals surface area contributed by atoms with Crippen LogP contribution in [0.1, 0.15) is 23.2 Å². The van der Waals surface area contributed by atoms with Crippen LogP contribution in [-0.2, 0) is 0 Å². The lowest BCUT2D eigenvalue weighted by molar-refractivity contribution is 0.102. The SMILES string of the molecule is Cl.Cl.Cl.NCC1CCN(c2c(N)cccc2NC(=O)c2cnn3cccnc23)CC1. The van der Waals surface area contributed by atoms with Gasteiger partial charge in [0.2, 0.25) is 0 Å². The Bertz CT molecular complexity index is 974. The third kappa shape index (κ3) is 5.07. The Morgan fingerprint density at radius 2 is 1.90 bits per heavy atom. The molecule has 1 amide bonds. The van der Waals surface area contributed by atoms with E-state index in [2.05, 4.69) is 20.3 Å². The number of piperidine rings is 1. The molecule has 5 N–H and O–H groups in total. The van der Waals surface area contributed by atoms with Crippen LogP contribution in [0, 0.1) is 5.92 Å². The van der Waals surface area contributed by atoms with Gasteiger partial charge in [-0.3, -0.25) is 4.79 Å². The number of halogens is 3. The van der Waals surface area contributed by atoms with Crippen molar-refractivity contribution in [1.29, 1.82) is 0 Å². The quantitative estimate of drug-likeness (QED) is 0.501. The molecule has 0 radical (unpaired) electrons. The van der Waals surface area contributed by atoms with Gasteiger partial charge < -0.3 is 21.7 Å². The van der Waals surface area contributed by atoms with Gasteiger partial charge in [0, 0.05) is 25.5 Å². The molecule has 8 nitrogen and oxygen atoms in total. The van der Waals surface area contributed by atoms with Crippen LogP contribution in [0.3, 0.4) is 0 Å². The van der Waals surface area contributed by atoms with Gasteiger partial charge in [-0.25, -0.2) is 9.50 Å². The maximum Gasteiger partial charge on any atom is 0.261 e. The number of rotatable bonds is 4. The topological polar surface area (TPSA) is 115 Å². The molecule has 2 aromatic heterocycles. The van der Waals surface area contributed by atoms with E-state index >= 15 is 0 Å². The molecule has 1 fully saturated rings. The van der Waals surface area contributed by atoms with Crippen LogP contribution in [0.4, 0.5) is 17.1 Å². The fourth-order valence-corrected chi connectivity index (χ4v) is 3.58. The lowest BCUT2D eigenvalue weighted by atomic mass is 9.96. The summed E-state index contributed by atoms with van der Waals surface area (Å²) in [5, 5.41) is 7.17. The number of amides is 1. The molecule has 0 unspecified atom stereocenters. The van der Waals surface area contributed by atoms with E-state index in [1.807, 2.05) is 18.2 Å². The molecule has 11 heteroatoms. The maximum absolute atomic E-state index is 12.9. The van der Waals surface area contributed by atoms with E-state index in [1.54, 1.807) is 23.0 Å². The second kappa shape index (κ2) is 11.2. The summed E-state index contributed by atoms with van der Waals surface area (Å²) in [7, 11) is 0. The van der Waals surface area contributed by atoms with Crippen molar-refractivity contribution in [3.63, 3.8) is 0 Å². The summed E-state index contributed by atoms with van der Waals surface area (Å²) in [6.07, 6.45) is 6.97. The van der Waals surface area contributed by atoms with Crippen LogP contribution < -0.4 is 21.7 Å². The largest absolute Gasteiger partial charge is 0.397 e. The van der Waals surface area contributed by atoms with E-state index in [-0.39, 0.29) is 43.1 Å². The van der Waals surface area contributed by atoms with Gasteiger partial charge in [0.1, 0.15) is 5.56 Å². The van der Waals surface area contributed by atoms with Crippen molar-refractivity contribution in [2.75, 3.05) is 35.6 Å². The molecule has 164 valence electrons. The van der Waals surface area contributed by atoms with Crippen molar-refractivity contribution in [1.82, 2.24) is 14.6 Å². The highest BCUT2D eigenvalue weighted by Crippen LogP contribution is 2.35. The Kier molecular flexibility index (Phi) is 9.64. The van der Waals surface area contributed by atoms with Gasteiger partial charge >= 0.3 is 0 Å². The third-order valence-corrected chi connectivity index (χ3v) is 5.10. The van der Waals surface area contributed by atoms with Gasteiger partial charge in [-0.2, -0.15) is 5.10 Å². The molecule has 0 atom stereocenters. The fourth-order valence-electron chi connectivity index (χ4n) is 3.58. The van der Waals surface area contributed by atoms with E-state index in [0.29, 0.717) is 35.0 Å². The Hall–Kier alpha value is -2.26. The summed E-state index contributed by atoms with van der Waals surface area (Å²) in [6.45, 7) is 2.46. The number of para-hydroxylation sites is 1. The summed E-state index contributed by atoms with van der Waals surface area (Å²) in [4.78, 5) is 19.3. The molecule has 4 rings (SSSR count). The highest BCUT2D eigenvalue weighted by atomic mass is 35.5. The lowest BCUT2D eigenvalue weighted by Crippen LogP contribution is -2.37. The number of nitrogen functional groups attached to an aromatic ring is 1. The molecule has 1 aliphatic rings. The smallest absolute Gasteiger partial charge is 0.261 e. The first kappa shape index (κ1) is 25.8. The molecule has 3 heterocycles. The van der Waals surface area contributed by atoms with Crippen molar-refractivity contribution in [3.8, 4) is 0 Å². The van der Waals surface area contributed by atoms with Crippen molar-refractivity contribution in [3.05, 3.63) is 48.4 Å². The lowest BCUT2D eigenvalue weighted by Gasteiger charge is -2.35. The molecule has 30 heavy (non-hydrogen) atoms. The Balaban J connectivity index is 0.00000150. The van der Waals surface area contributed by atoms with Crippen molar-refractivity contribution in [2.24, 2.45) is 11.7 Å². The predicted molar refractivity (Wildman–Crippen MR) is 128 cm³/mol. The second-order valence-corrected chi connectivity index (χ2v) is 6.81. The van der Waals surface area contributed by atoms with E-state index in [4.69, 9.17) is 11.5 Å². The Labute approximate surface area is 193 Å². The summed E-state index contributed by atoms with van der Waals surface area (Å²) < 4.78 is 1.58. The summed E-state index contributed by atoms with van der Waals surface area (Å²) in [5.74, 6) is 0.293. The van der Waals surface area contributed by atoms with Gasteiger partial charge in [-0.05, 0) is 43.5 Å². The molecule has 0 saturated carbocycles. The standard InChI is InChI=1S/C19H23N7O.3ClH/c20-11-13-5-9-25(10-6-13)17-15(21)3-1-4-16(17)24-19(27)14-12-23-26-8-2-7-22-18(14)26;;;/h1-4,7-8,12-13H,5-6,9-11,20-21H2,(H,24,27);3*1H. The zero-order valence-corrected chi connectivity index (χ0v) is 18.7. The minimum atomic E-state index is -0.257. The van der Waals surface area contributed by atoms with E-state index in [0.717, 1.165) is 31.6 Å². The first-order valence-corrected chi connectivity index (χ1v) is 9.10. The van der Waals surface area contributed by atoms with Gasteiger partial charge in [-0.15, -0.1) is 37.2 Å². The van der Waals surface area contributed by atoms with Crippen molar-refractivity contribution >= 4 is 65.8 Å². The molecule has 0 spiro atoms. The fraction of sp³-hybridized carbons (Fsp3) is 0.316. The molecule has 0 aliphatic carbocycles. The number of fused-ring (bicyclic) bond motifs is 1. The average Bonchev–Trinajstić information content (AvgIpc) is 3.13. The van der Waals surface area contributed by atoms with Gasteiger partial charge in [0.25, 0.3) is 5.91 Å². The number of carbonyl (C=O) groups is 1. The van der Waals surface area contributed by atoms with E-state index in [9.17, 15) is 4.79 Å². The number of nitrogens with one attached hydrogen (secondary N) is 1. The van der Waals surface area contributed by atoms with Crippen LogP contribution in [0.5, 0.6) is 0 Å².